The quantitative estimate of drug-likeness (QED) is 0.526. The molecule has 0 bridgehead atoms. The van der Waals surface area contributed by atoms with Gasteiger partial charge in [0.1, 0.15) is 18.8 Å². The van der Waals surface area contributed by atoms with Gasteiger partial charge in [-0.2, -0.15) is 0 Å². The smallest absolute Gasteiger partial charge is 0.336 e. The summed E-state index contributed by atoms with van der Waals surface area (Å²) < 4.78 is 16.6. The summed E-state index contributed by atoms with van der Waals surface area (Å²) in [7, 11) is 0. The van der Waals surface area contributed by atoms with Gasteiger partial charge in [-0.15, -0.1) is 0 Å². The largest absolute Gasteiger partial charge is 0.486 e. The number of aromatic nitrogens is 1. The molecule has 0 radical (unpaired) electrons. The van der Waals surface area contributed by atoms with Gasteiger partial charge in [0.05, 0.1) is 17.5 Å². The minimum Gasteiger partial charge on any atom is -0.486 e. The van der Waals surface area contributed by atoms with Crippen LogP contribution in [-0.4, -0.2) is 34.9 Å². The molecule has 3 heterocycles. The summed E-state index contributed by atoms with van der Waals surface area (Å²) in [6.07, 6.45) is 6.09. The molecular formula is C25H27ClN2O5. The first-order chi connectivity index (χ1) is 16.0. The van der Waals surface area contributed by atoms with Crippen LogP contribution in [-0.2, 0) is 13.0 Å². The van der Waals surface area contributed by atoms with Gasteiger partial charge < -0.3 is 24.3 Å². The predicted molar refractivity (Wildman–Crippen MR) is 125 cm³/mol. The zero-order valence-electron chi connectivity index (χ0n) is 18.3. The molecule has 2 N–H and O–H groups in total. The van der Waals surface area contributed by atoms with Gasteiger partial charge in [-0.25, -0.2) is 4.79 Å². The Morgan fingerprint density at radius 2 is 1.91 bits per heavy atom. The molecule has 1 aliphatic carbocycles. The second kappa shape index (κ2) is 9.33. The second-order valence-electron chi connectivity index (χ2n) is 8.94. The van der Waals surface area contributed by atoms with E-state index in [1.54, 1.807) is 18.3 Å². The monoisotopic (exact) mass is 470 g/mol. The number of nitrogens with zero attached hydrogens (tertiary/aromatic N) is 1. The van der Waals surface area contributed by atoms with E-state index < -0.39 is 5.60 Å². The van der Waals surface area contributed by atoms with Crippen LogP contribution in [0.1, 0.15) is 43.4 Å². The zero-order valence-corrected chi connectivity index (χ0v) is 19.1. The van der Waals surface area contributed by atoms with Gasteiger partial charge in [-0.05, 0) is 62.3 Å². The van der Waals surface area contributed by atoms with E-state index in [1.165, 1.54) is 6.07 Å². The summed E-state index contributed by atoms with van der Waals surface area (Å²) in [6.45, 7) is 1.76. The van der Waals surface area contributed by atoms with Crippen LogP contribution in [0.15, 0.2) is 45.7 Å². The lowest BCUT2D eigenvalue weighted by molar-refractivity contribution is -0.0108. The highest BCUT2D eigenvalue weighted by Gasteiger charge is 2.33. The normalized spacial score (nSPS) is 22.4. The van der Waals surface area contributed by atoms with Gasteiger partial charge in [-0.1, -0.05) is 11.6 Å². The van der Waals surface area contributed by atoms with E-state index in [-0.39, 0.29) is 5.63 Å². The number of benzene rings is 1. The molecule has 0 atom stereocenters. The fraction of sp³-hybridized carbons (Fsp3) is 0.440. The van der Waals surface area contributed by atoms with Crippen molar-refractivity contribution >= 4 is 22.6 Å². The highest BCUT2D eigenvalue weighted by atomic mass is 35.5. The van der Waals surface area contributed by atoms with Gasteiger partial charge in [0.25, 0.3) is 0 Å². The van der Waals surface area contributed by atoms with E-state index in [4.69, 9.17) is 25.5 Å². The Morgan fingerprint density at radius 1 is 1.12 bits per heavy atom. The van der Waals surface area contributed by atoms with E-state index in [9.17, 15) is 9.90 Å². The maximum atomic E-state index is 11.7. The van der Waals surface area contributed by atoms with Crippen LogP contribution in [0.4, 0.5) is 0 Å². The minimum atomic E-state index is -0.739. The van der Waals surface area contributed by atoms with Gasteiger partial charge in [0, 0.05) is 35.1 Å². The first-order valence-corrected chi connectivity index (χ1v) is 11.8. The van der Waals surface area contributed by atoms with Crippen LogP contribution in [0.3, 0.4) is 0 Å². The van der Waals surface area contributed by atoms with Gasteiger partial charge in [0.15, 0.2) is 11.5 Å². The Hall–Kier alpha value is -2.61. The average molecular weight is 471 g/mol. The Kier molecular flexibility index (Phi) is 6.27. The molecule has 5 rings (SSSR count). The molecule has 2 aliphatic rings. The van der Waals surface area contributed by atoms with Crippen molar-refractivity contribution in [1.82, 2.24) is 10.3 Å². The molecule has 8 heteroatoms. The number of pyridine rings is 1. The highest BCUT2D eigenvalue weighted by Crippen LogP contribution is 2.34. The molecule has 1 saturated carbocycles. The molecule has 1 fully saturated rings. The molecule has 1 aromatic carbocycles. The third kappa shape index (κ3) is 5.16. The number of aliphatic hydroxyl groups is 1. The van der Waals surface area contributed by atoms with Crippen LogP contribution in [0, 0.1) is 0 Å². The molecule has 33 heavy (non-hydrogen) atoms. The van der Waals surface area contributed by atoms with E-state index in [0.717, 1.165) is 35.2 Å². The lowest BCUT2D eigenvalue weighted by Crippen LogP contribution is -2.41. The van der Waals surface area contributed by atoms with Crippen molar-refractivity contribution < 1.29 is 19.0 Å². The zero-order chi connectivity index (χ0) is 22.8. The summed E-state index contributed by atoms with van der Waals surface area (Å²) in [5.41, 5.74) is 1.20. The number of ether oxygens (including phenoxy) is 2. The van der Waals surface area contributed by atoms with E-state index in [0.29, 0.717) is 67.8 Å². The van der Waals surface area contributed by atoms with Crippen molar-refractivity contribution in [1.29, 1.82) is 0 Å². The average Bonchev–Trinajstić information content (AvgIpc) is 2.82. The first-order valence-electron chi connectivity index (χ1n) is 11.4. The van der Waals surface area contributed by atoms with Crippen LogP contribution in [0.5, 0.6) is 11.5 Å². The summed E-state index contributed by atoms with van der Waals surface area (Å²) in [5.74, 6) is 1.44. The standard InChI is InChI=1S/C25H27ClN2O5/c26-18-11-16-1-2-23(29)33-24(16)17(12-18)3-6-25(30)7-4-19(5-8-25)27-14-20-13-21-22(15-28-20)32-10-9-31-21/h1-2,11-13,15,19,27,30H,3-10,14H2/t19-,25+. The van der Waals surface area contributed by atoms with E-state index in [1.807, 2.05) is 12.1 Å². The molecule has 3 aromatic rings. The molecule has 2 aromatic heterocycles. The van der Waals surface area contributed by atoms with E-state index in [2.05, 4.69) is 10.3 Å². The predicted octanol–water partition coefficient (Wildman–Crippen LogP) is 4.01. The fourth-order valence-corrected chi connectivity index (χ4v) is 4.96. The Morgan fingerprint density at radius 3 is 2.73 bits per heavy atom. The first kappa shape index (κ1) is 22.2. The summed E-state index contributed by atoms with van der Waals surface area (Å²) in [5, 5.41) is 16.1. The van der Waals surface area contributed by atoms with Crippen molar-refractivity contribution in [3.63, 3.8) is 0 Å². The molecule has 7 nitrogen and oxygen atoms in total. The second-order valence-corrected chi connectivity index (χ2v) is 9.37. The van der Waals surface area contributed by atoms with Crippen LogP contribution in [0.25, 0.3) is 11.0 Å². The molecule has 0 saturated heterocycles. The van der Waals surface area contributed by atoms with Gasteiger partial charge >= 0.3 is 5.63 Å². The number of hydrogen-bond donors (Lipinski definition) is 2. The van der Waals surface area contributed by atoms with E-state index >= 15 is 0 Å². The van der Waals surface area contributed by atoms with Gasteiger partial charge in [0.2, 0.25) is 0 Å². The molecular weight excluding hydrogens is 444 g/mol. The summed E-state index contributed by atoms with van der Waals surface area (Å²) in [6, 6.07) is 8.97. The summed E-state index contributed by atoms with van der Waals surface area (Å²) >= 11 is 6.25. The lowest BCUT2D eigenvalue weighted by atomic mass is 9.78. The van der Waals surface area contributed by atoms with Crippen molar-refractivity contribution in [2.24, 2.45) is 0 Å². The summed E-state index contributed by atoms with van der Waals surface area (Å²) in [4.78, 5) is 16.1. The lowest BCUT2D eigenvalue weighted by Gasteiger charge is -2.36. The van der Waals surface area contributed by atoms with Crippen molar-refractivity contribution in [3.05, 3.63) is 63.2 Å². The Labute approximate surface area is 196 Å². The number of aryl methyl sites for hydroxylation is 1. The maximum Gasteiger partial charge on any atom is 0.336 e. The van der Waals surface area contributed by atoms with Crippen LogP contribution in [0.2, 0.25) is 5.02 Å². The van der Waals surface area contributed by atoms with Gasteiger partial charge in [-0.3, -0.25) is 4.98 Å². The fourth-order valence-electron chi connectivity index (χ4n) is 4.71. The van der Waals surface area contributed by atoms with Crippen LogP contribution >= 0.6 is 11.6 Å². The van der Waals surface area contributed by atoms with Crippen molar-refractivity contribution in [3.8, 4) is 11.5 Å². The number of hydrogen-bond acceptors (Lipinski definition) is 7. The topological polar surface area (TPSA) is 93.8 Å². The SMILES string of the molecule is O=c1ccc2cc(Cl)cc(CC[C@]3(O)CC[C@@H](NCc4cc5c(cn4)OCCO5)CC3)c2o1. The van der Waals surface area contributed by atoms with Crippen molar-refractivity contribution in [2.75, 3.05) is 13.2 Å². The molecule has 0 amide bonds. The molecule has 1 aliphatic heterocycles. The maximum absolute atomic E-state index is 11.7. The third-order valence-corrected chi connectivity index (χ3v) is 6.81. The Bertz CT molecular complexity index is 1200. The Balaban J connectivity index is 1.16. The number of halogens is 1. The highest BCUT2D eigenvalue weighted by molar-refractivity contribution is 6.31. The third-order valence-electron chi connectivity index (χ3n) is 6.60. The van der Waals surface area contributed by atoms with Crippen LogP contribution < -0.4 is 20.4 Å². The van der Waals surface area contributed by atoms with Crippen molar-refractivity contribution in [2.45, 2.75) is 56.7 Å². The molecule has 174 valence electrons. The molecule has 0 spiro atoms. The molecule has 0 unspecified atom stereocenters. The minimum absolute atomic E-state index is 0.324. The number of rotatable bonds is 6. The number of nitrogens with one attached hydrogen (secondary N) is 1. The number of fused-ring (bicyclic) bond motifs is 2.